The molecule has 0 aromatic carbocycles. The standard InChI is InChI=1S/C61H96O6/c1-4-7-10-13-16-19-22-25-28-30-33-36-39-42-45-48-51-54-60(63)66-57-58(56-65-59(62)53-50-47-44-41-38-35-32-27-24-21-18-15-12-9-6-3)67-61(64)55-52-49-46-43-40-37-34-31-29-26-23-20-17-14-11-8-5-2/h7,10,16-21,25-29,32-34,36-37,42-43,45-46,58H,4-6,8-9,11-15,22-24,30-31,35,38-41,44,47-57H2,1-3H3/b10-7-,19-16-,20-17-,21-18-,28-25-,29-26-,32-27-,36-33-,37-34-,45-42-,46-43-/t58-/m1/s1. The van der Waals surface area contributed by atoms with E-state index in [1.807, 2.05) is 0 Å². The number of ether oxygens (including phenoxy) is 3. The van der Waals surface area contributed by atoms with Crippen LogP contribution in [0.3, 0.4) is 0 Å². The van der Waals surface area contributed by atoms with Crippen molar-refractivity contribution in [2.24, 2.45) is 0 Å². The molecule has 0 saturated carbocycles. The first kappa shape index (κ1) is 62.5. The summed E-state index contributed by atoms with van der Waals surface area (Å²) in [6.07, 6.45) is 75.8. The van der Waals surface area contributed by atoms with Crippen LogP contribution in [0.1, 0.15) is 213 Å². The van der Waals surface area contributed by atoms with Crippen LogP contribution >= 0.6 is 0 Å². The average Bonchev–Trinajstić information content (AvgIpc) is 3.33. The van der Waals surface area contributed by atoms with Gasteiger partial charge in [-0.05, 0) is 128 Å². The van der Waals surface area contributed by atoms with Crippen LogP contribution in [0.2, 0.25) is 0 Å². The maximum atomic E-state index is 12.8. The number of hydrogen-bond donors (Lipinski definition) is 0. The van der Waals surface area contributed by atoms with Gasteiger partial charge in [0.25, 0.3) is 0 Å². The lowest BCUT2D eigenvalue weighted by Gasteiger charge is -2.18. The van der Waals surface area contributed by atoms with E-state index in [1.165, 1.54) is 51.4 Å². The minimum Gasteiger partial charge on any atom is -0.462 e. The van der Waals surface area contributed by atoms with Crippen molar-refractivity contribution in [1.82, 2.24) is 0 Å². The van der Waals surface area contributed by atoms with E-state index in [-0.39, 0.29) is 44.0 Å². The molecule has 6 nitrogen and oxygen atoms in total. The molecule has 0 aliphatic carbocycles. The van der Waals surface area contributed by atoms with Gasteiger partial charge in [-0.3, -0.25) is 14.4 Å². The monoisotopic (exact) mass is 925 g/mol. The van der Waals surface area contributed by atoms with Gasteiger partial charge in [-0.15, -0.1) is 0 Å². The highest BCUT2D eigenvalue weighted by atomic mass is 16.6. The molecule has 0 aliphatic heterocycles. The van der Waals surface area contributed by atoms with Crippen molar-refractivity contribution in [2.75, 3.05) is 13.2 Å². The Hall–Kier alpha value is -4.45. The van der Waals surface area contributed by atoms with E-state index >= 15 is 0 Å². The first-order chi connectivity index (χ1) is 33.0. The van der Waals surface area contributed by atoms with E-state index in [9.17, 15) is 14.4 Å². The zero-order valence-corrected chi connectivity index (χ0v) is 42.9. The fourth-order valence-corrected chi connectivity index (χ4v) is 6.62. The summed E-state index contributed by atoms with van der Waals surface area (Å²) in [5, 5.41) is 0. The number of hydrogen-bond acceptors (Lipinski definition) is 6. The lowest BCUT2D eigenvalue weighted by atomic mass is 10.1. The zero-order chi connectivity index (χ0) is 48.6. The fraction of sp³-hybridized carbons (Fsp3) is 0.590. The third-order valence-electron chi connectivity index (χ3n) is 10.6. The normalized spacial score (nSPS) is 13.2. The van der Waals surface area contributed by atoms with Crippen LogP contribution in [0.25, 0.3) is 0 Å². The second-order valence-corrected chi connectivity index (χ2v) is 17.0. The predicted molar refractivity (Wildman–Crippen MR) is 288 cm³/mol. The van der Waals surface area contributed by atoms with E-state index < -0.39 is 6.10 Å². The molecule has 0 amide bonds. The molecule has 6 heteroatoms. The van der Waals surface area contributed by atoms with Crippen LogP contribution in [-0.2, 0) is 28.6 Å². The summed E-state index contributed by atoms with van der Waals surface area (Å²) in [6.45, 7) is 6.34. The molecule has 1 atom stereocenters. The maximum Gasteiger partial charge on any atom is 0.306 e. The van der Waals surface area contributed by atoms with Crippen LogP contribution in [0.15, 0.2) is 134 Å². The lowest BCUT2D eigenvalue weighted by molar-refractivity contribution is -0.167. The number of esters is 3. The summed E-state index contributed by atoms with van der Waals surface area (Å²) in [7, 11) is 0. The van der Waals surface area contributed by atoms with Crippen LogP contribution in [0, 0.1) is 0 Å². The SMILES string of the molecule is CC/C=C\C/C=C\C/C=C\C/C=C\C/C=C\CCCC(=O)OC[C@@H](COC(=O)CCCCCCC/C=C\C/C=C\CCCCC)OC(=O)CCC/C=C\C/C=C\C/C=C\C/C=C\CCCCC. The third-order valence-corrected chi connectivity index (χ3v) is 10.6. The number of unbranched alkanes of at least 4 members (excludes halogenated alkanes) is 13. The number of allylic oxidation sites excluding steroid dienone is 22. The molecule has 0 saturated heterocycles. The molecular formula is C61H96O6. The Balaban J connectivity index is 4.62. The van der Waals surface area contributed by atoms with Gasteiger partial charge < -0.3 is 14.2 Å². The van der Waals surface area contributed by atoms with Crippen molar-refractivity contribution < 1.29 is 28.6 Å². The largest absolute Gasteiger partial charge is 0.462 e. The Morgan fingerprint density at radius 2 is 0.597 bits per heavy atom. The van der Waals surface area contributed by atoms with Gasteiger partial charge in [0.05, 0.1) is 0 Å². The average molecular weight is 925 g/mol. The smallest absolute Gasteiger partial charge is 0.306 e. The van der Waals surface area contributed by atoms with Crippen LogP contribution in [0.4, 0.5) is 0 Å². The molecule has 0 aromatic heterocycles. The van der Waals surface area contributed by atoms with Crippen molar-refractivity contribution in [3.8, 4) is 0 Å². The molecule has 0 radical (unpaired) electrons. The molecule has 0 heterocycles. The van der Waals surface area contributed by atoms with Crippen LogP contribution in [0.5, 0.6) is 0 Å². The molecule has 0 bridgehead atoms. The Bertz CT molecular complexity index is 1480. The van der Waals surface area contributed by atoms with Crippen molar-refractivity contribution >= 4 is 17.9 Å². The molecule has 0 spiro atoms. The van der Waals surface area contributed by atoms with Gasteiger partial charge >= 0.3 is 17.9 Å². The Labute approximate surface area is 411 Å². The summed E-state index contributed by atoms with van der Waals surface area (Å²) in [6, 6.07) is 0. The molecular weight excluding hydrogens is 829 g/mol. The number of carbonyl (C=O) groups excluding carboxylic acids is 3. The first-order valence-corrected chi connectivity index (χ1v) is 26.7. The first-order valence-electron chi connectivity index (χ1n) is 26.7. The van der Waals surface area contributed by atoms with Gasteiger partial charge in [0.2, 0.25) is 0 Å². The van der Waals surface area contributed by atoms with Gasteiger partial charge in [-0.2, -0.15) is 0 Å². The van der Waals surface area contributed by atoms with Crippen LogP contribution < -0.4 is 0 Å². The minimum absolute atomic E-state index is 0.130. The van der Waals surface area contributed by atoms with Crippen molar-refractivity contribution in [1.29, 1.82) is 0 Å². The van der Waals surface area contributed by atoms with E-state index in [0.29, 0.717) is 19.3 Å². The van der Waals surface area contributed by atoms with Crippen molar-refractivity contribution in [3.63, 3.8) is 0 Å². The highest BCUT2D eigenvalue weighted by Crippen LogP contribution is 2.11. The fourth-order valence-electron chi connectivity index (χ4n) is 6.62. The summed E-state index contributed by atoms with van der Waals surface area (Å²) >= 11 is 0. The third kappa shape index (κ3) is 52.4. The van der Waals surface area contributed by atoms with Gasteiger partial charge in [-0.25, -0.2) is 0 Å². The highest BCUT2D eigenvalue weighted by Gasteiger charge is 2.19. The molecule has 0 N–H and O–H groups in total. The zero-order valence-electron chi connectivity index (χ0n) is 42.9. The molecule has 67 heavy (non-hydrogen) atoms. The Morgan fingerprint density at radius 3 is 0.970 bits per heavy atom. The minimum atomic E-state index is -0.840. The second-order valence-electron chi connectivity index (χ2n) is 17.0. The van der Waals surface area contributed by atoms with Gasteiger partial charge in [-0.1, -0.05) is 199 Å². The van der Waals surface area contributed by atoms with E-state index in [2.05, 4.69) is 154 Å². The van der Waals surface area contributed by atoms with Gasteiger partial charge in [0.15, 0.2) is 6.10 Å². The van der Waals surface area contributed by atoms with Crippen molar-refractivity contribution in [2.45, 2.75) is 219 Å². The van der Waals surface area contributed by atoms with E-state index in [1.54, 1.807) is 0 Å². The Morgan fingerprint density at radius 1 is 0.313 bits per heavy atom. The highest BCUT2D eigenvalue weighted by molar-refractivity contribution is 5.71. The van der Waals surface area contributed by atoms with Gasteiger partial charge in [0, 0.05) is 19.3 Å². The maximum absolute atomic E-state index is 12.8. The topological polar surface area (TPSA) is 78.9 Å². The van der Waals surface area contributed by atoms with Crippen LogP contribution in [-0.4, -0.2) is 37.2 Å². The summed E-state index contributed by atoms with van der Waals surface area (Å²) in [5.41, 5.74) is 0. The predicted octanol–water partition coefficient (Wildman–Crippen LogP) is 17.9. The lowest BCUT2D eigenvalue weighted by Crippen LogP contribution is -2.30. The molecule has 0 fully saturated rings. The quantitative estimate of drug-likeness (QED) is 0.0262. The van der Waals surface area contributed by atoms with Gasteiger partial charge in [0.1, 0.15) is 13.2 Å². The number of rotatable bonds is 46. The Kier molecular flexibility index (Phi) is 50.6. The van der Waals surface area contributed by atoms with Crippen molar-refractivity contribution in [3.05, 3.63) is 134 Å². The van der Waals surface area contributed by atoms with E-state index in [0.717, 1.165) is 109 Å². The molecule has 0 aliphatic rings. The summed E-state index contributed by atoms with van der Waals surface area (Å²) in [5.74, 6) is -1.07. The summed E-state index contributed by atoms with van der Waals surface area (Å²) < 4.78 is 16.7. The molecule has 0 rings (SSSR count). The number of carbonyl (C=O) groups is 3. The molecule has 0 unspecified atom stereocenters. The second kappa shape index (κ2) is 54.2. The molecule has 376 valence electrons. The molecule has 0 aromatic rings. The summed E-state index contributed by atoms with van der Waals surface area (Å²) in [4.78, 5) is 38.0. The van der Waals surface area contributed by atoms with E-state index in [4.69, 9.17) is 14.2 Å².